The maximum atomic E-state index is 13.9. The smallest absolute Gasteiger partial charge is 0.184 e. The molecule has 3 rings (SSSR count). The molecule has 2 aliphatic rings. The van der Waals surface area contributed by atoms with E-state index in [4.69, 9.17) is 9.47 Å². The van der Waals surface area contributed by atoms with Crippen molar-refractivity contribution in [3.05, 3.63) is 29.3 Å². The van der Waals surface area contributed by atoms with Crippen molar-refractivity contribution in [2.45, 2.75) is 38.9 Å². The molecule has 6 heteroatoms. The lowest BCUT2D eigenvalue weighted by molar-refractivity contribution is -0.214. The van der Waals surface area contributed by atoms with Gasteiger partial charge in [-0.1, -0.05) is 19.8 Å². The van der Waals surface area contributed by atoms with E-state index in [1.807, 2.05) is 5.16 Å². The standard InChI is InChI=1S/C18H21F2NO2S/c1-11-2-4-12(5-3-11)14-8-22-18(23-9-14)13-6-15(19)17(21-10-24)16(20)7-13/h6-7,11-12,14,18H,2-5,8-9H2,1H3. The molecule has 1 saturated heterocycles. The fourth-order valence-electron chi connectivity index (χ4n) is 3.61. The first-order chi connectivity index (χ1) is 11.6. The zero-order valence-electron chi connectivity index (χ0n) is 13.6. The van der Waals surface area contributed by atoms with E-state index < -0.39 is 23.6 Å². The molecule has 1 aromatic rings. The summed E-state index contributed by atoms with van der Waals surface area (Å²) >= 11 is 4.39. The van der Waals surface area contributed by atoms with E-state index in [0.29, 0.717) is 30.6 Å². The predicted octanol–water partition coefficient (Wildman–Crippen LogP) is 5.19. The average Bonchev–Trinajstić information content (AvgIpc) is 2.59. The second-order valence-electron chi connectivity index (χ2n) is 6.81. The van der Waals surface area contributed by atoms with E-state index in [0.717, 1.165) is 5.92 Å². The maximum absolute atomic E-state index is 13.9. The van der Waals surface area contributed by atoms with Gasteiger partial charge in [0.05, 0.1) is 18.4 Å². The quantitative estimate of drug-likeness (QED) is 0.554. The topological polar surface area (TPSA) is 30.8 Å². The fraction of sp³-hybridized carbons (Fsp3) is 0.611. The molecule has 3 nitrogen and oxygen atoms in total. The Balaban J connectivity index is 1.63. The highest BCUT2D eigenvalue weighted by atomic mass is 32.1. The molecule has 0 spiro atoms. The first-order valence-electron chi connectivity index (χ1n) is 8.38. The number of rotatable bonds is 3. The van der Waals surface area contributed by atoms with Crippen LogP contribution < -0.4 is 0 Å². The molecule has 1 aliphatic carbocycles. The fourth-order valence-corrected chi connectivity index (χ4v) is 3.71. The summed E-state index contributed by atoms with van der Waals surface area (Å²) in [6.45, 7) is 3.42. The molecule has 0 bridgehead atoms. The Morgan fingerprint density at radius 2 is 1.62 bits per heavy atom. The van der Waals surface area contributed by atoms with Crippen molar-refractivity contribution in [2.75, 3.05) is 13.2 Å². The largest absolute Gasteiger partial charge is 0.348 e. The van der Waals surface area contributed by atoms with Crippen molar-refractivity contribution in [2.24, 2.45) is 22.7 Å². The van der Waals surface area contributed by atoms with Gasteiger partial charge in [0.2, 0.25) is 0 Å². The van der Waals surface area contributed by atoms with Crippen LogP contribution in [0.4, 0.5) is 14.5 Å². The molecular weight excluding hydrogens is 332 g/mol. The number of ether oxygens (including phenoxy) is 2. The molecule has 24 heavy (non-hydrogen) atoms. The minimum atomic E-state index is -0.794. The molecule has 2 fully saturated rings. The van der Waals surface area contributed by atoms with Crippen molar-refractivity contribution >= 4 is 23.1 Å². The van der Waals surface area contributed by atoms with Gasteiger partial charge in [-0.3, -0.25) is 0 Å². The third-order valence-corrected chi connectivity index (χ3v) is 5.21. The molecule has 1 aromatic carbocycles. The zero-order chi connectivity index (χ0) is 17.1. The van der Waals surface area contributed by atoms with E-state index in [9.17, 15) is 8.78 Å². The first-order valence-corrected chi connectivity index (χ1v) is 8.79. The number of hydrogen-bond acceptors (Lipinski definition) is 4. The van der Waals surface area contributed by atoms with Crippen molar-refractivity contribution in [3.63, 3.8) is 0 Å². The van der Waals surface area contributed by atoms with Gasteiger partial charge in [0, 0.05) is 11.5 Å². The minimum Gasteiger partial charge on any atom is -0.348 e. The van der Waals surface area contributed by atoms with Crippen LogP contribution in [0.3, 0.4) is 0 Å². The summed E-state index contributed by atoms with van der Waals surface area (Å²) in [6, 6.07) is 2.36. The zero-order valence-corrected chi connectivity index (χ0v) is 14.5. The first kappa shape index (κ1) is 17.6. The summed E-state index contributed by atoms with van der Waals surface area (Å²) in [6.07, 6.45) is 4.18. The van der Waals surface area contributed by atoms with Crippen LogP contribution in [0, 0.1) is 29.4 Å². The lowest BCUT2D eigenvalue weighted by Crippen LogP contribution is -2.34. The predicted molar refractivity (Wildman–Crippen MR) is 90.3 cm³/mol. The molecule has 0 amide bonds. The monoisotopic (exact) mass is 353 g/mol. The highest BCUT2D eigenvalue weighted by Crippen LogP contribution is 2.37. The Kier molecular flexibility index (Phi) is 5.72. The van der Waals surface area contributed by atoms with Crippen LogP contribution in [0.25, 0.3) is 0 Å². The maximum Gasteiger partial charge on any atom is 0.184 e. The summed E-state index contributed by atoms with van der Waals surface area (Å²) in [5.74, 6) is 0.201. The summed E-state index contributed by atoms with van der Waals surface area (Å²) in [5.41, 5.74) is -0.109. The normalized spacial score (nSPS) is 30.6. The van der Waals surface area contributed by atoms with Gasteiger partial charge in [-0.15, -0.1) is 0 Å². The molecule has 0 radical (unpaired) electrons. The van der Waals surface area contributed by atoms with Crippen LogP contribution in [-0.2, 0) is 9.47 Å². The van der Waals surface area contributed by atoms with Crippen LogP contribution in [0.15, 0.2) is 17.1 Å². The SMILES string of the molecule is CC1CCC(C2COC(c3cc(F)c(N=C=S)c(F)c3)OC2)CC1. The van der Waals surface area contributed by atoms with Crippen LogP contribution in [-0.4, -0.2) is 18.4 Å². The third kappa shape index (κ3) is 3.89. The lowest BCUT2D eigenvalue weighted by Gasteiger charge is -2.37. The van der Waals surface area contributed by atoms with Crippen LogP contribution in [0.2, 0.25) is 0 Å². The summed E-state index contributed by atoms with van der Waals surface area (Å²) in [4.78, 5) is 3.40. The van der Waals surface area contributed by atoms with Gasteiger partial charge in [-0.25, -0.2) is 8.78 Å². The van der Waals surface area contributed by atoms with E-state index in [2.05, 4.69) is 24.1 Å². The summed E-state index contributed by atoms with van der Waals surface area (Å²) in [7, 11) is 0. The number of benzene rings is 1. The Labute approximate surface area is 146 Å². The molecule has 0 N–H and O–H groups in total. The Morgan fingerprint density at radius 1 is 1.04 bits per heavy atom. The van der Waals surface area contributed by atoms with Gasteiger partial charge < -0.3 is 9.47 Å². The van der Waals surface area contributed by atoms with Crippen LogP contribution in [0.5, 0.6) is 0 Å². The van der Waals surface area contributed by atoms with Crippen molar-refractivity contribution in [3.8, 4) is 0 Å². The second kappa shape index (κ2) is 7.79. The molecule has 0 aromatic heterocycles. The average molecular weight is 353 g/mol. The van der Waals surface area contributed by atoms with Gasteiger partial charge in [-0.2, -0.15) is 4.99 Å². The number of halogens is 2. The molecule has 1 saturated carbocycles. The highest BCUT2D eigenvalue weighted by Gasteiger charge is 2.32. The number of hydrogen-bond donors (Lipinski definition) is 0. The number of aliphatic imine (C=N–C) groups is 1. The number of isothiocyanates is 1. The van der Waals surface area contributed by atoms with Crippen molar-refractivity contribution in [1.29, 1.82) is 0 Å². The van der Waals surface area contributed by atoms with Crippen molar-refractivity contribution in [1.82, 2.24) is 0 Å². The number of nitrogens with zero attached hydrogens (tertiary/aromatic N) is 1. The van der Waals surface area contributed by atoms with Gasteiger partial charge in [-0.05, 0) is 49.0 Å². The Bertz CT molecular complexity index is 609. The van der Waals surface area contributed by atoms with Crippen molar-refractivity contribution < 1.29 is 18.3 Å². The summed E-state index contributed by atoms with van der Waals surface area (Å²) < 4.78 is 39.3. The molecule has 1 heterocycles. The molecule has 0 atom stereocenters. The van der Waals surface area contributed by atoms with Crippen LogP contribution in [0.1, 0.15) is 44.5 Å². The summed E-state index contributed by atoms with van der Waals surface area (Å²) in [5, 5.41) is 1.98. The van der Waals surface area contributed by atoms with Gasteiger partial charge in [0.15, 0.2) is 17.9 Å². The molecular formula is C18H21F2NO2S. The van der Waals surface area contributed by atoms with E-state index in [1.165, 1.54) is 37.8 Å². The lowest BCUT2D eigenvalue weighted by atomic mass is 9.76. The molecule has 1 aliphatic heterocycles. The van der Waals surface area contributed by atoms with E-state index in [1.54, 1.807) is 0 Å². The number of thiocarbonyl (C=S) groups is 1. The Morgan fingerprint density at radius 3 is 2.17 bits per heavy atom. The van der Waals surface area contributed by atoms with E-state index in [-0.39, 0.29) is 0 Å². The highest BCUT2D eigenvalue weighted by molar-refractivity contribution is 7.78. The molecule has 130 valence electrons. The second-order valence-corrected chi connectivity index (χ2v) is 7.00. The van der Waals surface area contributed by atoms with Crippen LogP contribution >= 0.6 is 12.2 Å². The van der Waals surface area contributed by atoms with Gasteiger partial charge in [0.1, 0.15) is 5.69 Å². The Hall–Kier alpha value is -1.20. The van der Waals surface area contributed by atoms with Gasteiger partial charge in [0.25, 0.3) is 0 Å². The van der Waals surface area contributed by atoms with Gasteiger partial charge >= 0.3 is 0 Å². The minimum absolute atomic E-state index is 0.323. The molecule has 0 unspecified atom stereocenters. The third-order valence-electron chi connectivity index (χ3n) is 5.12. The van der Waals surface area contributed by atoms with E-state index >= 15 is 0 Å².